The Hall–Kier alpha value is -2.06. The first-order chi connectivity index (χ1) is 10.1. The van der Waals surface area contributed by atoms with E-state index in [1.165, 1.54) is 0 Å². The van der Waals surface area contributed by atoms with Crippen LogP contribution in [0.1, 0.15) is 30.1 Å². The van der Waals surface area contributed by atoms with Gasteiger partial charge in [-0.1, -0.05) is 12.1 Å². The maximum atomic E-state index is 12.5. The normalized spacial score (nSPS) is 17.8. The number of hydrogen-bond acceptors (Lipinski definition) is 4. The number of carbonyl (C=O) groups is 1. The predicted molar refractivity (Wildman–Crippen MR) is 80.2 cm³/mol. The van der Waals surface area contributed by atoms with Crippen molar-refractivity contribution >= 4 is 5.91 Å². The van der Waals surface area contributed by atoms with Gasteiger partial charge in [0.2, 0.25) is 0 Å². The van der Waals surface area contributed by atoms with Gasteiger partial charge < -0.3 is 15.0 Å². The molecule has 1 amide bonds. The van der Waals surface area contributed by atoms with Crippen molar-refractivity contribution in [3.63, 3.8) is 0 Å². The minimum Gasteiger partial charge on any atom is -0.493 e. The first kappa shape index (κ1) is 15.3. The summed E-state index contributed by atoms with van der Waals surface area (Å²) in [5.41, 5.74) is -0.295. The van der Waals surface area contributed by atoms with E-state index in [2.05, 4.69) is 16.3 Å². The fourth-order valence-corrected chi connectivity index (χ4v) is 2.49. The highest BCUT2D eigenvalue weighted by Crippen LogP contribution is 2.23. The molecule has 1 heterocycles. The molecule has 2 rings (SSSR count). The molecule has 0 bridgehead atoms. The maximum Gasteiger partial charge on any atom is 0.256 e. The van der Waals surface area contributed by atoms with Crippen LogP contribution < -0.4 is 10.1 Å². The Morgan fingerprint density at radius 3 is 2.71 bits per heavy atom. The Kier molecular flexibility index (Phi) is 4.81. The Morgan fingerprint density at radius 1 is 1.43 bits per heavy atom. The minimum atomic E-state index is -0.775. The Bertz CT molecular complexity index is 543. The second-order valence-corrected chi connectivity index (χ2v) is 5.38. The zero-order valence-corrected chi connectivity index (χ0v) is 12.6. The third-order valence-corrected chi connectivity index (χ3v) is 3.84. The summed E-state index contributed by atoms with van der Waals surface area (Å²) in [4.78, 5) is 14.7. The van der Waals surface area contributed by atoms with Crippen molar-refractivity contribution in [2.75, 3.05) is 26.7 Å². The SMILES string of the molecule is CCOc1ccccc1C(=O)NC1(C#N)CCN(C)CC1. The molecule has 1 aromatic carbocycles. The molecule has 0 atom stereocenters. The quantitative estimate of drug-likeness (QED) is 0.917. The van der Waals surface area contributed by atoms with E-state index >= 15 is 0 Å². The molecule has 1 N–H and O–H groups in total. The van der Waals surface area contributed by atoms with Crippen LogP contribution in [0.25, 0.3) is 0 Å². The first-order valence-corrected chi connectivity index (χ1v) is 7.24. The number of nitrogens with zero attached hydrogens (tertiary/aromatic N) is 2. The van der Waals surface area contributed by atoms with Crippen LogP contribution in [0.4, 0.5) is 0 Å². The number of rotatable bonds is 4. The number of ether oxygens (including phenoxy) is 1. The number of benzene rings is 1. The van der Waals surface area contributed by atoms with E-state index < -0.39 is 5.54 Å². The fourth-order valence-electron chi connectivity index (χ4n) is 2.49. The zero-order chi connectivity index (χ0) is 15.3. The predicted octanol–water partition coefficient (Wildman–Crippen LogP) is 1.80. The highest BCUT2D eigenvalue weighted by molar-refractivity contribution is 5.97. The molecule has 1 fully saturated rings. The van der Waals surface area contributed by atoms with Crippen LogP contribution in [0.5, 0.6) is 5.75 Å². The number of nitrogens with one attached hydrogen (secondary N) is 1. The number of likely N-dealkylation sites (tertiary alicyclic amines) is 1. The van der Waals surface area contributed by atoms with Crippen LogP contribution >= 0.6 is 0 Å². The summed E-state index contributed by atoms with van der Waals surface area (Å²) in [7, 11) is 2.02. The van der Waals surface area contributed by atoms with Crippen LogP contribution in [0, 0.1) is 11.3 Å². The molecule has 1 saturated heterocycles. The molecule has 21 heavy (non-hydrogen) atoms. The summed E-state index contributed by atoms with van der Waals surface area (Å²) in [5, 5.41) is 12.4. The van der Waals surface area contributed by atoms with E-state index in [1.807, 2.05) is 20.0 Å². The van der Waals surface area contributed by atoms with Crippen LogP contribution in [-0.4, -0.2) is 43.1 Å². The highest BCUT2D eigenvalue weighted by atomic mass is 16.5. The largest absolute Gasteiger partial charge is 0.493 e. The maximum absolute atomic E-state index is 12.5. The van der Waals surface area contributed by atoms with Crippen molar-refractivity contribution in [3.05, 3.63) is 29.8 Å². The van der Waals surface area contributed by atoms with Gasteiger partial charge in [0.1, 0.15) is 11.3 Å². The Balaban J connectivity index is 2.15. The van der Waals surface area contributed by atoms with Gasteiger partial charge in [-0.3, -0.25) is 4.79 Å². The number of carbonyl (C=O) groups excluding carboxylic acids is 1. The molecule has 0 saturated carbocycles. The monoisotopic (exact) mass is 287 g/mol. The van der Waals surface area contributed by atoms with Crippen molar-refractivity contribution in [1.29, 1.82) is 5.26 Å². The number of nitriles is 1. The number of piperidine rings is 1. The molecule has 112 valence electrons. The molecule has 5 heteroatoms. The van der Waals surface area contributed by atoms with Gasteiger partial charge in [0.15, 0.2) is 0 Å². The standard InChI is InChI=1S/C16H21N3O2/c1-3-21-14-7-5-4-6-13(14)15(20)18-16(12-17)8-10-19(2)11-9-16/h4-7H,3,8-11H2,1-2H3,(H,18,20). The molecular formula is C16H21N3O2. The van der Waals surface area contributed by atoms with Crippen LogP contribution in [0.2, 0.25) is 0 Å². The molecule has 1 aromatic rings. The van der Waals surface area contributed by atoms with Crippen molar-refractivity contribution < 1.29 is 9.53 Å². The molecule has 0 radical (unpaired) electrons. The Labute approximate surface area is 125 Å². The van der Waals surface area contributed by atoms with E-state index in [0.29, 0.717) is 30.8 Å². The third-order valence-electron chi connectivity index (χ3n) is 3.84. The van der Waals surface area contributed by atoms with Crippen LogP contribution in [0.15, 0.2) is 24.3 Å². The van der Waals surface area contributed by atoms with E-state index in [-0.39, 0.29) is 5.91 Å². The number of para-hydroxylation sites is 1. The molecule has 1 aliphatic heterocycles. The number of hydrogen-bond donors (Lipinski definition) is 1. The molecular weight excluding hydrogens is 266 g/mol. The van der Waals surface area contributed by atoms with Gasteiger partial charge in [-0.15, -0.1) is 0 Å². The third kappa shape index (κ3) is 3.53. The summed E-state index contributed by atoms with van der Waals surface area (Å²) in [6.45, 7) is 3.99. The smallest absolute Gasteiger partial charge is 0.256 e. The minimum absolute atomic E-state index is 0.245. The van der Waals surface area contributed by atoms with Crippen LogP contribution in [-0.2, 0) is 0 Å². The molecule has 0 spiro atoms. The van der Waals surface area contributed by atoms with Crippen LogP contribution in [0.3, 0.4) is 0 Å². The van der Waals surface area contributed by atoms with Gasteiger partial charge in [0.05, 0.1) is 18.2 Å². The lowest BCUT2D eigenvalue weighted by Crippen LogP contribution is -2.53. The lowest BCUT2D eigenvalue weighted by Gasteiger charge is -2.36. The summed E-state index contributed by atoms with van der Waals surface area (Å²) >= 11 is 0. The van der Waals surface area contributed by atoms with E-state index in [1.54, 1.807) is 18.2 Å². The average molecular weight is 287 g/mol. The van der Waals surface area contributed by atoms with Gasteiger partial charge in [-0.2, -0.15) is 5.26 Å². The van der Waals surface area contributed by atoms with Crippen molar-refractivity contribution in [2.24, 2.45) is 0 Å². The summed E-state index contributed by atoms with van der Waals surface area (Å²) < 4.78 is 5.48. The average Bonchev–Trinajstić information content (AvgIpc) is 2.51. The van der Waals surface area contributed by atoms with Gasteiger partial charge in [-0.25, -0.2) is 0 Å². The van der Waals surface area contributed by atoms with E-state index in [0.717, 1.165) is 13.1 Å². The second kappa shape index (κ2) is 6.59. The lowest BCUT2D eigenvalue weighted by atomic mass is 9.89. The summed E-state index contributed by atoms with van der Waals surface area (Å²) in [6, 6.07) is 9.41. The Morgan fingerprint density at radius 2 is 2.10 bits per heavy atom. The zero-order valence-electron chi connectivity index (χ0n) is 12.6. The molecule has 0 aliphatic carbocycles. The molecule has 5 nitrogen and oxygen atoms in total. The van der Waals surface area contributed by atoms with Gasteiger partial charge >= 0.3 is 0 Å². The van der Waals surface area contributed by atoms with Crippen molar-refractivity contribution in [2.45, 2.75) is 25.3 Å². The lowest BCUT2D eigenvalue weighted by molar-refractivity contribution is 0.0878. The summed E-state index contributed by atoms with van der Waals surface area (Å²) in [6.07, 6.45) is 1.28. The van der Waals surface area contributed by atoms with Gasteiger partial charge in [0, 0.05) is 13.1 Å². The van der Waals surface area contributed by atoms with Crippen molar-refractivity contribution in [1.82, 2.24) is 10.2 Å². The molecule has 0 unspecified atom stereocenters. The molecule has 0 aromatic heterocycles. The number of amides is 1. The van der Waals surface area contributed by atoms with E-state index in [9.17, 15) is 10.1 Å². The first-order valence-electron chi connectivity index (χ1n) is 7.24. The second-order valence-electron chi connectivity index (χ2n) is 5.38. The fraction of sp³-hybridized carbons (Fsp3) is 0.500. The van der Waals surface area contributed by atoms with Gasteiger partial charge in [0.25, 0.3) is 5.91 Å². The topological polar surface area (TPSA) is 65.4 Å². The molecule has 1 aliphatic rings. The highest BCUT2D eigenvalue weighted by Gasteiger charge is 2.35. The van der Waals surface area contributed by atoms with E-state index in [4.69, 9.17) is 4.74 Å². The van der Waals surface area contributed by atoms with Crippen molar-refractivity contribution in [3.8, 4) is 11.8 Å². The van der Waals surface area contributed by atoms with Gasteiger partial charge in [-0.05, 0) is 38.9 Å². The summed E-state index contributed by atoms with van der Waals surface area (Å²) in [5.74, 6) is 0.309.